The molecule has 7 nitrogen and oxygen atoms in total. The Labute approximate surface area is 177 Å². The highest BCUT2D eigenvalue weighted by molar-refractivity contribution is 7.89. The number of hydrogen-bond acceptors (Lipinski definition) is 5. The van der Waals surface area contributed by atoms with Crippen LogP contribution in [0.5, 0.6) is 11.5 Å². The first kappa shape index (κ1) is 22.1. The first-order valence-corrected chi connectivity index (χ1v) is 11.4. The van der Waals surface area contributed by atoms with Crippen molar-refractivity contribution in [2.24, 2.45) is 0 Å². The van der Waals surface area contributed by atoms with Crippen molar-refractivity contribution in [3.63, 3.8) is 0 Å². The Hall–Kier alpha value is -2.58. The maximum atomic E-state index is 12.5. The van der Waals surface area contributed by atoms with Crippen molar-refractivity contribution in [2.75, 3.05) is 25.1 Å². The van der Waals surface area contributed by atoms with E-state index in [0.717, 1.165) is 5.69 Å². The fourth-order valence-electron chi connectivity index (χ4n) is 3.01. The molecule has 1 heterocycles. The molecular formula is C22H28N2O5S. The third kappa shape index (κ3) is 5.73. The number of ether oxygens (including phenoxy) is 2. The summed E-state index contributed by atoms with van der Waals surface area (Å²) < 4.78 is 38.3. The van der Waals surface area contributed by atoms with Crippen molar-refractivity contribution >= 4 is 21.6 Å². The van der Waals surface area contributed by atoms with Crippen molar-refractivity contribution in [1.82, 2.24) is 4.72 Å². The van der Waals surface area contributed by atoms with Gasteiger partial charge in [0.05, 0.1) is 4.90 Å². The van der Waals surface area contributed by atoms with Crippen LogP contribution in [0.1, 0.15) is 39.2 Å². The van der Waals surface area contributed by atoms with Gasteiger partial charge in [0.15, 0.2) is 11.5 Å². The molecule has 0 aromatic heterocycles. The van der Waals surface area contributed by atoms with E-state index in [9.17, 15) is 13.2 Å². The molecule has 162 valence electrons. The van der Waals surface area contributed by atoms with E-state index in [-0.39, 0.29) is 29.2 Å². The molecule has 0 fully saturated rings. The highest BCUT2D eigenvalue weighted by atomic mass is 32.2. The van der Waals surface area contributed by atoms with E-state index in [0.29, 0.717) is 31.1 Å². The smallest absolute Gasteiger partial charge is 0.240 e. The van der Waals surface area contributed by atoms with Gasteiger partial charge in [0.2, 0.25) is 15.9 Å². The quantitative estimate of drug-likeness (QED) is 0.654. The van der Waals surface area contributed by atoms with E-state index in [1.54, 1.807) is 6.07 Å². The summed E-state index contributed by atoms with van der Waals surface area (Å²) >= 11 is 0. The van der Waals surface area contributed by atoms with Gasteiger partial charge < -0.3 is 14.8 Å². The SMILES string of the molecule is CC(C)(C)c1ccc(NC(=O)CCCNS(=O)(=O)c2ccc3c(c2)OCCO3)cc1. The third-order valence-corrected chi connectivity index (χ3v) is 6.19. The Morgan fingerprint density at radius 3 is 2.33 bits per heavy atom. The minimum atomic E-state index is -3.69. The molecule has 0 bridgehead atoms. The molecule has 1 aliphatic heterocycles. The Morgan fingerprint density at radius 1 is 1.00 bits per heavy atom. The molecule has 3 rings (SSSR count). The number of fused-ring (bicyclic) bond motifs is 1. The predicted octanol–water partition coefficient (Wildman–Crippen LogP) is 3.45. The molecule has 0 radical (unpaired) electrons. The normalized spacial score (nSPS) is 13.7. The first-order chi connectivity index (χ1) is 14.1. The zero-order valence-corrected chi connectivity index (χ0v) is 18.3. The second kappa shape index (κ2) is 9.06. The van der Waals surface area contributed by atoms with Crippen LogP contribution in [0.3, 0.4) is 0 Å². The van der Waals surface area contributed by atoms with Gasteiger partial charge in [-0.1, -0.05) is 32.9 Å². The number of benzene rings is 2. The molecule has 1 aliphatic rings. The monoisotopic (exact) mass is 432 g/mol. The lowest BCUT2D eigenvalue weighted by Crippen LogP contribution is -2.26. The minimum Gasteiger partial charge on any atom is -0.486 e. The summed E-state index contributed by atoms with van der Waals surface area (Å²) in [5, 5.41) is 2.84. The Kier molecular flexibility index (Phi) is 6.67. The van der Waals surface area contributed by atoms with E-state index in [2.05, 4.69) is 30.8 Å². The summed E-state index contributed by atoms with van der Waals surface area (Å²) in [4.78, 5) is 12.2. The Bertz CT molecular complexity index is 995. The van der Waals surface area contributed by atoms with Gasteiger partial charge >= 0.3 is 0 Å². The van der Waals surface area contributed by atoms with Crippen LogP contribution in [-0.2, 0) is 20.2 Å². The van der Waals surface area contributed by atoms with E-state index in [4.69, 9.17) is 9.47 Å². The number of sulfonamides is 1. The average Bonchev–Trinajstić information content (AvgIpc) is 2.70. The number of nitrogens with one attached hydrogen (secondary N) is 2. The number of carbonyl (C=O) groups is 1. The summed E-state index contributed by atoms with van der Waals surface area (Å²) in [5.74, 6) is 0.797. The zero-order chi connectivity index (χ0) is 21.8. The molecule has 0 saturated heterocycles. The van der Waals surface area contributed by atoms with Crippen molar-refractivity contribution in [1.29, 1.82) is 0 Å². The Morgan fingerprint density at radius 2 is 1.67 bits per heavy atom. The van der Waals surface area contributed by atoms with Crippen LogP contribution in [0.4, 0.5) is 5.69 Å². The first-order valence-electron chi connectivity index (χ1n) is 9.95. The largest absolute Gasteiger partial charge is 0.486 e. The number of hydrogen-bond donors (Lipinski definition) is 2. The van der Waals surface area contributed by atoms with Crippen LogP contribution in [0.15, 0.2) is 47.4 Å². The van der Waals surface area contributed by atoms with E-state index in [1.807, 2.05) is 24.3 Å². The second-order valence-corrected chi connectivity index (χ2v) is 9.95. The maximum Gasteiger partial charge on any atom is 0.240 e. The van der Waals surface area contributed by atoms with Gasteiger partial charge in [0.25, 0.3) is 0 Å². The van der Waals surface area contributed by atoms with Crippen molar-refractivity contribution in [3.05, 3.63) is 48.0 Å². The third-order valence-electron chi connectivity index (χ3n) is 4.73. The number of amides is 1. The van der Waals surface area contributed by atoms with Gasteiger partial charge in [-0.3, -0.25) is 4.79 Å². The molecule has 0 atom stereocenters. The maximum absolute atomic E-state index is 12.5. The van der Waals surface area contributed by atoms with Gasteiger partial charge in [-0.2, -0.15) is 0 Å². The molecule has 0 spiro atoms. The number of rotatable bonds is 7. The molecule has 0 unspecified atom stereocenters. The molecular weight excluding hydrogens is 404 g/mol. The van der Waals surface area contributed by atoms with E-state index < -0.39 is 10.0 Å². The van der Waals surface area contributed by atoms with Crippen LogP contribution < -0.4 is 19.5 Å². The van der Waals surface area contributed by atoms with Gasteiger partial charge in [-0.05, 0) is 41.7 Å². The lowest BCUT2D eigenvalue weighted by molar-refractivity contribution is -0.116. The van der Waals surface area contributed by atoms with Crippen LogP contribution in [0.2, 0.25) is 0 Å². The van der Waals surface area contributed by atoms with Gasteiger partial charge in [-0.15, -0.1) is 0 Å². The van der Waals surface area contributed by atoms with Gasteiger partial charge in [-0.25, -0.2) is 13.1 Å². The molecule has 0 saturated carbocycles. The topological polar surface area (TPSA) is 93.7 Å². The van der Waals surface area contributed by atoms with Crippen LogP contribution in [-0.4, -0.2) is 34.1 Å². The van der Waals surface area contributed by atoms with Crippen LogP contribution >= 0.6 is 0 Å². The Balaban J connectivity index is 1.46. The average molecular weight is 433 g/mol. The fraction of sp³-hybridized carbons (Fsp3) is 0.409. The van der Waals surface area contributed by atoms with Crippen LogP contribution in [0, 0.1) is 0 Å². The summed E-state index contributed by atoms with van der Waals surface area (Å²) in [5.41, 5.74) is 1.97. The standard InChI is InChI=1S/C22H28N2O5S/c1-22(2,3)16-6-8-17(9-7-16)24-21(25)5-4-12-23-30(26,27)18-10-11-19-20(15-18)29-14-13-28-19/h6-11,15,23H,4-5,12-14H2,1-3H3,(H,24,25). The van der Waals surface area contributed by atoms with Crippen molar-refractivity contribution in [2.45, 2.75) is 43.9 Å². The summed E-state index contributed by atoms with van der Waals surface area (Å²) in [6, 6.07) is 12.3. The van der Waals surface area contributed by atoms with E-state index >= 15 is 0 Å². The lowest BCUT2D eigenvalue weighted by atomic mass is 9.87. The summed E-state index contributed by atoms with van der Waals surface area (Å²) in [6.45, 7) is 7.39. The molecule has 30 heavy (non-hydrogen) atoms. The lowest BCUT2D eigenvalue weighted by Gasteiger charge is -2.19. The zero-order valence-electron chi connectivity index (χ0n) is 17.5. The molecule has 2 aromatic rings. The minimum absolute atomic E-state index is 0.0525. The molecule has 2 aromatic carbocycles. The molecule has 1 amide bonds. The summed E-state index contributed by atoms with van der Waals surface area (Å²) in [7, 11) is -3.69. The van der Waals surface area contributed by atoms with Gasteiger partial charge in [0, 0.05) is 24.7 Å². The second-order valence-electron chi connectivity index (χ2n) is 8.18. The van der Waals surface area contributed by atoms with Gasteiger partial charge in [0.1, 0.15) is 13.2 Å². The van der Waals surface area contributed by atoms with Crippen molar-refractivity contribution < 1.29 is 22.7 Å². The number of carbonyl (C=O) groups excluding carboxylic acids is 1. The number of anilines is 1. The predicted molar refractivity (Wildman–Crippen MR) is 116 cm³/mol. The highest BCUT2D eigenvalue weighted by Crippen LogP contribution is 2.32. The summed E-state index contributed by atoms with van der Waals surface area (Å²) in [6.07, 6.45) is 0.598. The molecule has 2 N–H and O–H groups in total. The molecule has 0 aliphatic carbocycles. The molecule has 8 heteroatoms. The van der Waals surface area contributed by atoms with E-state index in [1.165, 1.54) is 17.7 Å². The highest BCUT2D eigenvalue weighted by Gasteiger charge is 2.19. The van der Waals surface area contributed by atoms with Crippen molar-refractivity contribution in [3.8, 4) is 11.5 Å². The fourth-order valence-corrected chi connectivity index (χ4v) is 4.10. The van der Waals surface area contributed by atoms with Crippen LogP contribution in [0.25, 0.3) is 0 Å².